The van der Waals surface area contributed by atoms with Gasteiger partial charge in [-0.25, -0.2) is 0 Å². The molecule has 20 heavy (non-hydrogen) atoms. The van der Waals surface area contributed by atoms with Gasteiger partial charge in [0.1, 0.15) is 11.8 Å². The third kappa shape index (κ3) is 4.51. The Balaban J connectivity index is 1.80. The van der Waals surface area contributed by atoms with E-state index >= 15 is 0 Å². The molecule has 1 aliphatic rings. The lowest BCUT2D eigenvalue weighted by atomic mass is 10.2. The van der Waals surface area contributed by atoms with Crippen molar-refractivity contribution in [2.24, 2.45) is 0 Å². The van der Waals surface area contributed by atoms with E-state index in [0.29, 0.717) is 24.8 Å². The van der Waals surface area contributed by atoms with Gasteiger partial charge in [-0.1, -0.05) is 12.1 Å². The maximum atomic E-state index is 11.6. The van der Waals surface area contributed by atoms with Gasteiger partial charge in [0.25, 0.3) is 0 Å². The molecule has 0 saturated heterocycles. The quantitative estimate of drug-likeness (QED) is 0.701. The summed E-state index contributed by atoms with van der Waals surface area (Å²) in [5.74, 6) is 0.455. The number of hydrogen-bond acceptors (Lipinski definition) is 5. The van der Waals surface area contributed by atoms with E-state index < -0.39 is 0 Å². The van der Waals surface area contributed by atoms with E-state index in [1.807, 2.05) is 18.2 Å². The minimum atomic E-state index is -0.312. The second-order valence-corrected chi connectivity index (χ2v) is 4.96. The molecule has 5 heteroatoms. The smallest absolute Gasteiger partial charge is 0.322 e. The summed E-state index contributed by atoms with van der Waals surface area (Å²) in [6.07, 6.45) is 2.80. The van der Waals surface area contributed by atoms with Crippen molar-refractivity contribution < 1.29 is 19.4 Å². The van der Waals surface area contributed by atoms with Gasteiger partial charge in [-0.2, -0.15) is 0 Å². The summed E-state index contributed by atoms with van der Waals surface area (Å²) in [6.45, 7) is 0.416. The predicted molar refractivity (Wildman–Crippen MR) is 74.4 cm³/mol. The molecule has 0 spiro atoms. The van der Waals surface area contributed by atoms with Crippen LogP contribution in [-0.2, 0) is 16.1 Å². The van der Waals surface area contributed by atoms with Gasteiger partial charge in [-0.15, -0.1) is 0 Å². The molecular formula is C15H21NO4. The third-order valence-electron chi connectivity index (χ3n) is 3.26. The number of rotatable bonds is 8. The van der Waals surface area contributed by atoms with Crippen LogP contribution in [0.1, 0.15) is 24.8 Å². The van der Waals surface area contributed by atoms with Gasteiger partial charge in [0.15, 0.2) is 0 Å². The highest BCUT2D eigenvalue weighted by Gasteiger charge is 2.28. The van der Waals surface area contributed by atoms with Crippen molar-refractivity contribution in [1.29, 1.82) is 0 Å². The third-order valence-corrected chi connectivity index (χ3v) is 3.26. The number of aliphatic hydroxyl groups excluding tert-OH is 1. The van der Waals surface area contributed by atoms with E-state index in [1.165, 1.54) is 7.11 Å². The van der Waals surface area contributed by atoms with Crippen molar-refractivity contribution >= 4 is 5.97 Å². The molecule has 110 valence electrons. The highest BCUT2D eigenvalue weighted by Crippen LogP contribution is 2.20. The number of methoxy groups -OCH3 is 1. The Morgan fingerprint density at radius 1 is 1.50 bits per heavy atom. The van der Waals surface area contributed by atoms with E-state index in [0.717, 1.165) is 18.4 Å². The SMILES string of the molecule is COC(=O)C(CCOc1cccc(CO)c1)NC1CC1. The molecule has 0 bridgehead atoms. The molecule has 0 radical (unpaired) electrons. The van der Waals surface area contributed by atoms with Gasteiger partial charge < -0.3 is 19.9 Å². The van der Waals surface area contributed by atoms with Crippen molar-refractivity contribution in [3.63, 3.8) is 0 Å². The Morgan fingerprint density at radius 3 is 2.95 bits per heavy atom. The highest BCUT2D eigenvalue weighted by atomic mass is 16.5. The maximum Gasteiger partial charge on any atom is 0.322 e. The van der Waals surface area contributed by atoms with E-state index in [1.54, 1.807) is 6.07 Å². The van der Waals surface area contributed by atoms with Crippen molar-refractivity contribution in [3.8, 4) is 5.75 Å². The molecule has 1 fully saturated rings. The fourth-order valence-corrected chi connectivity index (χ4v) is 1.97. The first-order valence-electron chi connectivity index (χ1n) is 6.89. The number of carbonyl (C=O) groups is 1. The minimum absolute atomic E-state index is 0.00871. The van der Waals surface area contributed by atoms with Crippen LogP contribution in [0.3, 0.4) is 0 Å². The number of carbonyl (C=O) groups excluding carboxylic acids is 1. The van der Waals surface area contributed by atoms with Crippen LogP contribution >= 0.6 is 0 Å². The topological polar surface area (TPSA) is 67.8 Å². The normalized spacial score (nSPS) is 15.7. The Labute approximate surface area is 118 Å². The summed E-state index contributed by atoms with van der Waals surface area (Å²) in [5.41, 5.74) is 0.808. The number of aliphatic hydroxyl groups is 1. The van der Waals surface area contributed by atoms with E-state index in [4.69, 9.17) is 14.6 Å². The van der Waals surface area contributed by atoms with Gasteiger partial charge in [0, 0.05) is 12.5 Å². The lowest BCUT2D eigenvalue weighted by Gasteiger charge is -2.16. The maximum absolute atomic E-state index is 11.6. The predicted octanol–water partition coefficient (Wildman–Crippen LogP) is 1.24. The first-order chi connectivity index (χ1) is 9.72. The molecule has 1 saturated carbocycles. The largest absolute Gasteiger partial charge is 0.494 e. The lowest BCUT2D eigenvalue weighted by Crippen LogP contribution is -2.40. The number of ether oxygens (including phenoxy) is 2. The van der Waals surface area contributed by atoms with E-state index in [9.17, 15) is 4.79 Å². The zero-order valence-corrected chi connectivity index (χ0v) is 11.7. The Bertz CT molecular complexity index is 445. The zero-order chi connectivity index (χ0) is 14.4. The molecule has 0 aromatic heterocycles. The van der Waals surface area contributed by atoms with Gasteiger partial charge in [-0.05, 0) is 30.5 Å². The van der Waals surface area contributed by atoms with Crippen LogP contribution in [0, 0.1) is 0 Å². The standard InChI is InChI=1S/C15H21NO4/c1-19-15(18)14(16-12-5-6-12)7-8-20-13-4-2-3-11(9-13)10-17/h2-4,9,12,14,16-17H,5-8,10H2,1H3. The van der Waals surface area contributed by atoms with Gasteiger partial charge >= 0.3 is 5.97 Å². The summed E-state index contributed by atoms with van der Waals surface area (Å²) in [6, 6.07) is 7.42. The van der Waals surface area contributed by atoms with Crippen LogP contribution in [0.25, 0.3) is 0 Å². The first-order valence-corrected chi connectivity index (χ1v) is 6.89. The van der Waals surface area contributed by atoms with Gasteiger partial charge in [-0.3, -0.25) is 4.79 Å². The van der Waals surface area contributed by atoms with Crippen molar-refractivity contribution in [3.05, 3.63) is 29.8 Å². The highest BCUT2D eigenvalue weighted by molar-refractivity contribution is 5.75. The number of esters is 1. The summed E-state index contributed by atoms with van der Waals surface area (Å²) in [7, 11) is 1.40. The molecule has 1 atom stereocenters. The van der Waals surface area contributed by atoms with E-state index in [2.05, 4.69) is 5.32 Å². The minimum Gasteiger partial charge on any atom is -0.494 e. The molecule has 0 amide bonds. The molecule has 1 aromatic rings. The molecule has 1 unspecified atom stereocenters. The van der Waals surface area contributed by atoms with Crippen molar-refractivity contribution in [2.45, 2.75) is 38.0 Å². The molecule has 0 aliphatic heterocycles. The molecular weight excluding hydrogens is 258 g/mol. The van der Waals surface area contributed by atoms with Crippen LogP contribution < -0.4 is 10.1 Å². The van der Waals surface area contributed by atoms with E-state index in [-0.39, 0.29) is 18.6 Å². The van der Waals surface area contributed by atoms with Gasteiger partial charge in [0.05, 0.1) is 20.3 Å². The summed E-state index contributed by atoms with van der Waals surface area (Å²) in [4.78, 5) is 11.6. The van der Waals surface area contributed by atoms with Crippen LogP contribution in [0.15, 0.2) is 24.3 Å². The van der Waals surface area contributed by atoms with Crippen LogP contribution in [-0.4, -0.2) is 36.9 Å². The molecule has 5 nitrogen and oxygen atoms in total. The summed E-state index contributed by atoms with van der Waals surface area (Å²) in [5, 5.41) is 12.3. The van der Waals surface area contributed by atoms with Crippen LogP contribution in [0.2, 0.25) is 0 Å². The molecule has 1 aliphatic carbocycles. The average molecular weight is 279 g/mol. The Kier molecular flexibility index (Phi) is 5.38. The second-order valence-electron chi connectivity index (χ2n) is 4.96. The number of benzene rings is 1. The second kappa shape index (κ2) is 7.26. The van der Waals surface area contributed by atoms with Crippen molar-refractivity contribution in [2.75, 3.05) is 13.7 Å². The fourth-order valence-electron chi connectivity index (χ4n) is 1.97. The fraction of sp³-hybridized carbons (Fsp3) is 0.533. The Hall–Kier alpha value is -1.59. The van der Waals surface area contributed by atoms with Crippen LogP contribution in [0.5, 0.6) is 5.75 Å². The molecule has 1 aromatic carbocycles. The molecule has 2 N–H and O–H groups in total. The zero-order valence-electron chi connectivity index (χ0n) is 11.7. The monoisotopic (exact) mass is 279 g/mol. The van der Waals surface area contributed by atoms with Crippen molar-refractivity contribution in [1.82, 2.24) is 5.32 Å². The number of nitrogens with one attached hydrogen (secondary N) is 1. The summed E-state index contributed by atoms with van der Waals surface area (Å²) >= 11 is 0. The lowest BCUT2D eigenvalue weighted by molar-refractivity contribution is -0.143. The molecule has 2 rings (SSSR count). The average Bonchev–Trinajstić information content (AvgIpc) is 3.29. The Morgan fingerprint density at radius 2 is 2.30 bits per heavy atom. The first kappa shape index (κ1) is 14.8. The van der Waals surface area contributed by atoms with Gasteiger partial charge in [0.2, 0.25) is 0 Å². The van der Waals surface area contributed by atoms with Crippen LogP contribution in [0.4, 0.5) is 0 Å². The molecule has 0 heterocycles. The number of hydrogen-bond donors (Lipinski definition) is 2. The summed E-state index contributed by atoms with van der Waals surface area (Å²) < 4.78 is 10.4.